The molecule has 2 rings (SSSR count). The first kappa shape index (κ1) is 13.4. The minimum Gasteiger partial charge on any atom is -0.497 e. The molecule has 0 amide bonds. The van der Waals surface area contributed by atoms with Crippen molar-refractivity contribution in [1.82, 2.24) is 5.32 Å². The van der Waals surface area contributed by atoms with Crippen LogP contribution >= 0.6 is 0 Å². The first-order valence-electron chi connectivity index (χ1n) is 7.22. The molecule has 0 bridgehead atoms. The average molecular weight is 247 g/mol. The topological polar surface area (TPSA) is 21.3 Å². The average Bonchev–Trinajstić information content (AvgIpc) is 2.65. The van der Waals surface area contributed by atoms with Gasteiger partial charge in [-0.2, -0.15) is 0 Å². The quantitative estimate of drug-likeness (QED) is 0.819. The highest BCUT2D eigenvalue weighted by atomic mass is 16.5. The molecule has 0 spiro atoms. The van der Waals surface area contributed by atoms with E-state index >= 15 is 0 Å². The maximum atomic E-state index is 5.24. The molecule has 2 nitrogen and oxygen atoms in total. The number of rotatable bonds is 4. The van der Waals surface area contributed by atoms with Crippen molar-refractivity contribution in [1.29, 1.82) is 0 Å². The number of nitrogens with one attached hydrogen (secondary N) is 1. The van der Waals surface area contributed by atoms with Crippen LogP contribution in [0.25, 0.3) is 0 Å². The van der Waals surface area contributed by atoms with E-state index in [1.807, 2.05) is 0 Å². The summed E-state index contributed by atoms with van der Waals surface area (Å²) in [5.74, 6) is 1.62. The van der Waals surface area contributed by atoms with Crippen LogP contribution in [0.3, 0.4) is 0 Å². The molecule has 0 aliphatic heterocycles. The van der Waals surface area contributed by atoms with Crippen molar-refractivity contribution in [2.24, 2.45) is 0 Å². The molecular weight excluding hydrogens is 222 g/mol. The van der Waals surface area contributed by atoms with Crippen LogP contribution in [0.1, 0.15) is 50.5 Å². The molecule has 2 atom stereocenters. The zero-order valence-electron chi connectivity index (χ0n) is 11.6. The second-order valence-electron chi connectivity index (χ2n) is 5.18. The number of ether oxygens (including phenoxy) is 1. The van der Waals surface area contributed by atoms with Crippen LogP contribution in [0.2, 0.25) is 0 Å². The van der Waals surface area contributed by atoms with Gasteiger partial charge in [0.1, 0.15) is 5.75 Å². The molecule has 2 unspecified atom stereocenters. The number of methoxy groups -OCH3 is 1. The largest absolute Gasteiger partial charge is 0.497 e. The summed E-state index contributed by atoms with van der Waals surface area (Å²) < 4.78 is 5.24. The zero-order chi connectivity index (χ0) is 12.8. The summed E-state index contributed by atoms with van der Waals surface area (Å²) in [6, 6.07) is 9.29. The lowest BCUT2D eigenvalue weighted by atomic mass is 9.87. The third-order valence-corrected chi connectivity index (χ3v) is 4.03. The Labute approximate surface area is 111 Å². The smallest absolute Gasteiger partial charge is 0.118 e. The number of benzene rings is 1. The van der Waals surface area contributed by atoms with Gasteiger partial charge in [0, 0.05) is 6.04 Å². The molecule has 0 heterocycles. The fraction of sp³-hybridized carbons (Fsp3) is 0.625. The Morgan fingerprint density at radius 1 is 1.11 bits per heavy atom. The van der Waals surface area contributed by atoms with E-state index < -0.39 is 0 Å². The number of hydrogen-bond donors (Lipinski definition) is 1. The summed E-state index contributed by atoms with van der Waals surface area (Å²) in [5, 5.41) is 3.67. The van der Waals surface area contributed by atoms with E-state index in [1.165, 1.54) is 37.7 Å². The van der Waals surface area contributed by atoms with Crippen LogP contribution in [-0.2, 0) is 0 Å². The second kappa shape index (κ2) is 6.79. The van der Waals surface area contributed by atoms with Gasteiger partial charge in [-0.1, -0.05) is 38.3 Å². The van der Waals surface area contributed by atoms with Crippen LogP contribution in [0.5, 0.6) is 5.75 Å². The molecular formula is C16H25NO. The lowest BCUT2D eigenvalue weighted by molar-refractivity contribution is 0.409. The maximum Gasteiger partial charge on any atom is 0.118 e. The van der Waals surface area contributed by atoms with Gasteiger partial charge in [0.05, 0.1) is 7.11 Å². The van der Waals surface area contributed by atoms with Gasteiger partial charge in [-0.15, -0.1) is 0 Å². The SMILES string of the molecule is CCNC1CCCCCC1c1ccc(OC)cc1. The molecule has 1 aliphatic rings. The zero-order valence-corrected chi connectivity index (χ0v) is 11.6. The van der Waals surface area contributed by atoms with Crippen molar-refractivity contribution >= 4 is 0 Å². The van der Waals surface area contributed by atoms with E-state index in [0.29, 0.717) is 12.0 Å². The van der Waals surface area contributed by atoms with Crippen molar-refractivity contribution in [2.45, 2.75) is 51.0 Å². The van der Waals surface area contributed by atoms with E-state index in [2.05, 4.69) is 36.5 Å². The highest BCUT2D eigenvalue weighted by molar-refractivity contribution is 5.30. The number of likely N-dealkylation sites (N-methyl/N-ethyl adjacent to an activating group) is 1. The van der Waals surface area contributed by atoms with E-state index in [1.54, 1.807) is 7.11 Å². The van der Waals surface area contributed by atoms with Crippen molar-refractivity contribution in [3.05, 3.63) is 29.8 Å². The summed E-state index contributed by atoms with van der Waals surface area (Å²) in [4.78, 5) is 0. The van der Waals surface area contributed by atoms with E-state index in [4.69, 9.17) is 4.74 Å². The van der Waals surface area contributed by atoms with Gasteiger partial charge in [0.2, 0.25) is 0 Å². The molecule has 0 radical (unpaired) electrons. The van der Waals surface area contributed by atoms with Gasteiger partial charge in [-0.25, -0.2) is 0 Å². The van der Waals surface area contributed by atoms with Crippen LogP contribution in [-0.4, -0.2) is 19.7 Å². The van der Waals surface area contributed by atoms with Crippen molar-refractivity contribution < 1.29 is 4.74 Å². The second-order valence-corrected chi connectivity index (χ2v) is 5.18. The lowest BCUT2D eigenvalue weighted by Gasteiger charge is -2.26. The van der Waals surface area contributed by atoms with Crippen LogP contribution < -0.4 is 10.1 Å². The maximum absolute atomic E-state index is 5.24. The molecule has 2 heteroatoms. The van der Waals surface area contributed by atoms with Gasteiger partial charge in [0.15, 0.2) is 0 Å². The fourth-order valence-electron chi connectivity index (χ4n) is 3.06. The molecule has 1 N–H and O–H groups in total. The standard InChI is InChI=1S/C16H25NO/c1-3-17-16-8-6-4-5-7-15(16)13-9-11-14(18-2)12-10-13/h9-12,15-17H,3-8H2,1-2H3. The summed E-state index contributed by atoms with van der Waals surface area (Å²) in [6.07, 6.45) is 6.73. The summed E-state index contributed by atoms with van der Waals surface area (Å²) in [6.45, 7) is 3.27. The predicted octanol–water partition coefficient (Wildman–Crippen LogP) is 3.72. The molecule has 0 saturated heterocycles. The lowest BCUT2D eigenvalue weighted by Crippen LogP contribution is -2.34. The third kappa shape index (κ3) is 3.26. The molecule has 0 aromatic heterocycles. The Morgan fingerprint density at radius 2 is 1.83 bits per heavy atom. The van der Waals surface area contributed by atoms with Crippen molar-refractivity contribution in [3.8, 4) is 5.75 Å². The Kier molecular flexibility index (Phi) is 5.06. The highest BCUT2D eigenvalue weighted by Crippen LogP contribution is 2.32. The van der Waals surface area contributed by atoms with Crippen LogP contribution in [0, 0.1) is 0 Å². The van der Waals surface area contributed by atoms with Crippen LogP contribution in [0.15, 0.2) is 24.3 Å². The Morgan fingerprint density at radius 3 is 2.50 bits per heavy atom. The number of hydrogen-bond acceptors (Lipinski definition) is 2. The van der Waals surface area contributed by atoms with Gasteiger partial charge < -0.3 is 10.1 Å². The van der Waals surface area contributed by atoms with Crippen molar-refractivity contribution in [3.63, 3.8) is 0 Å². The molecule has 1 fully saturated rings. The molecule has 1 aromatic rings. The fourth-order valence-corrected chi connectivity index (χ4v) is 3.06. The Bertz CT molecular complexity index is 347. The summed E-state index contributed by atoms with van der Waals surface area (Å²) in [7, 11) is 1.72. The summed E-state index contributed by atoms with van der Waals surface area (Å²) >= 11 is 0. The normalized spacial score (nSPS) is 24.6. The van der Waals surface area contributed by atoms with E-state index in [0.717, 1.165) is 12.3 Å². The monoisotopic (exact) mass is 247 g/mol. The Balaban J connectivity index is 2.14. The highest BCUT2D eigenvalue weighted by Gasteiger charge is 2.24. The minimum atomic E-state index is 0.644. The van der Waals surface area contributed by atoms with Gasteiger partial charge in [-0.05, 0) is 43.0 Å². The van der Waals surface area contributed by atoms with Crippen LogP contribution in [0.4, 0.5) is 0 Å². The van der Waals surface area contributed by atoms with Gasteiger partial charge in [-0.3, -0.25) is 0 Å². The summed E-state index contributed by atoms with van der Waals surface area (Å²) in [5.41, 5.74) is 1.46. The molecule has 18 heavy (non-hydrogen) atoms. The first-order chi connectivity index (χ1) is 8.85. The first-order valence-corrected chi connectivity index (χ1v) is 7.22. The van der Waals surface area contributed by atoms with E-state index in [9.17, 15) is 0 Å². The molecule has 100 valence electrons. The van der Waals surface area contributed by atoms with Gasteiger partial charge >= 0.3 is 0 Å². The Hall–Kier alpha value is -1.02. The molecule has 1 saturated carbocycles. The molecule has 1 aliphatic carbocycles. The van der Waals surface area contributed by atoms with E-state index in [-0.39, 0.29) is 0 Å². The minimum absolute atomic E-state index is 0.644. The van der Waals surface area contributed by atoms with Crippen molar-refractivity contribution in [2.75, 3.05) is 13.7 Å². The third-order valence-electron chi connectivity index (χ3n) is 4.03. The predicted molar refractivity (Wildman–Crippen MR) is 76.3 cm³/mol. The van der Waals surface area contributed by atoms with Gasteiger partial charge in [0.25, 0.3) is 0 Å². The molecule has 1 aromatic carbocycles.